The third kappa shape index (κ3) is 6.12. The zero-order chi connectivity index (χ0) is 33.6. The van der Waals surface area contributed by atoms with Crippen molar-refractivity contribution in [3.05, 3.63) is 76.1 Å². The van der Waals surface area contributed by atoms with Gasteiger partial charge in [-0.05, 0) is 26.0 Å². The molecule has 2 aromatic heterocycles. The highest BCUT2D eigenvalue weighted by atomic mass is 19.4. The molecule has 0 spiro atoms. The minimum Gasteiger partial charge on any atom is -0.475 e. The molecule has 16 heteroatoms. The summed E-state index contributed by atoms with van der Waals surface area (Å²) in [5, 5.41) is 19.8. The van der Waals surface area contributed by atoms with Gasteiger partial charge in [-0.2, -0.15) is 13.2 Å². The van der Waals surface area contributed by atoms with Gasteiger partial charge in [-0.15, -0.1) is 0 Å². The lowest BCUT2D eigenvalue weighted by Gasteiger charge is -2.20. The quantitative estimate of drug-likeness (QED) is 0.139. The van der Waals surface area contributed by atoms with Crippen LogP contribution in [0.1, 0.15) is 25.0 Å². The highest BCUT2D eigenvalue weighted by Crippen LogP contribution is 2.42. The van der Waals surface area contributed by atoms with Gasteiger partial charge in [0.05, 0.1) is 21.6 Å². The van der Waals surface area contributed by atoms with Gasteiger partial charge in [-0.1, -0.05) is 18.2 Å². The number of imide groups is 1. The molecule has 0 saturated heterocycles. The Kier molecular flexibility index (Phi) is 8.30. The second-order valence-corrected chi connectivity index (χ2v) is 10.7. The van der Waals surface area contributed by atoms with Crippen LogP contribution in [0, 0.1) is 10.1 Å². The molecule has 0 bridgehead atoms. The van der Waals surface area contributed by atoms with Crippen molar-refractivity contribution in [2.45, 2.75) is 25.6 Å². The van der Waals surface area contributed by atoms with Crippen molar-refractivity contribution >= 4 is 62.4 Å². The number of aromatic nitrogens is 2. The van der Waals surface area contributed by atoms with Crippen molar-refractivity contribution in [2.24, 2.45) is 19.8 Å². The maximum absolute atomic E-state index is 13.8. The van der Waals surface area contributed by atoms with E-state index in [1.165, 1.54) is 26.0 Å². The number of nitrogens with zero attached hydrogens (tertiary/aromatic N) is 4. The fraction of sp³-hybridized carbons (Fsp3) is 0.241. The van der Waals surface area contributed by atoms with Crippen molar-refractivity contribution in [3.63, 3.8) is 0 Å². The highest BCUT2D eigenvalue weighted by Gasteiger charge is 2.43. The van der Waals surface area contributed by atoms with E-state index in [0.717, 1.165) is 15.8 Å². The van der Waals surface area contributed by atoms with Crippen LogP contribution in [0.2, 0.25) is 0 Å². The Balaban J connectivity index is 0.000000591. The van der Waals surface area contributed by atoms with E-state index in [1.54, 1.807) is 30.1 Å². The van der Waals surface area contributed by atoms with E-state index < -0.39 is 47.1 Å². The Labute approximate surface area is 252 Å². The number of aliphatic carboxylic acids is 1. The van der Waals surface area contributed by atoms with Gasteiger partial charge < -0.3 is 24.7 Å². The molecule has 5 rings (SSSR count). The van der Waals surface area contributed by atoms with Gasteiger partial charge in [0.25, 0.3) is 17.5 Å². The number of amides is 2. The van der Waals surface area contributed by atoms with Crippen LogP contribution in [0.3, 0.4) is 0 Å². The third-order valence-electron chi connectivity index (χ3n) is 6.88. The normalized spacial score (nSPS) is 13.8. The molecule has 0 radical (unpaired) electrons. The monoisotopic (exact) mass is 629 g/mol. The number of alkyl halides is 3. The predicted molar refractivity (Wildman–Crippen MR) is 154 cm³/mol. The summed E-state index contributed by atoms with van der Waals surface area (Å²) in [6.07, 6.45) is -1.64. The summed E-state index contributed by atoms with van der Waals surface area (Å²) in [6.45, 7) is 2.32. The van der Waals surface area contributed by atoms with Gasteiger partial charge in [0.15, 0.2) is 6.73 Å². The third-order valence-corrected chi connectivity index (χ3v) is 6.88. The number of rotatable bonds is 6. The molecule has 0 fully saturated rings. The van der Waals surface area contributed by atoms with E-state index in [1.807, 2.05) is 35.9 Å². The van der Waals surface area contributed by atoms with E-state index in [-0.39, 0.29) is 16.8 Å². The first-order valence-electron chi connectivity index (χ1n) is 13.0. The summed E-state index contributed by atoms with van der Waals surface area (Å²) in [5.74, 6) is -4.79. The number of halogens is 3. The van der Waals surface area contributed by atoms with Crippen molar-refractivity contribution in [1.29, 1.82) is 0 Å². The maximum Gasteiger partial charge on any atom is 0.490 e. The van der Waals surface area contributed by atoms with Crippen LogP contribution in [0.5, 0.6) is 0 Å². The summed E-state index contributed by atoms with van der Waals surface area (Å²) in [5.41, 5.74) is 7.03. The maximum atomic E-state index is 13.8. The van der Waals surface area contributed by atoms with Gasteiger partial charge in [0, 0.05) is 66.0 Å². The summed E-state index contributed by atoms with van der Waals surface area (Å²) >= 11 is 0. The standard InChI is InChI=1S/C27H25N5O6.C2HF3O2/c1-27(2,28)26(35)38-14-31-24(33)22(18-12-29(3)20-8-6-5-7-16(18)20)23(25(31)34)19-13-30(4)21-11-15(32(36)37)9-10-17(19)21;3-2(4,5)1(6)7/h5-13H,14,28H2,1-4H3;(H,6,7). The number of non-ortho nitro benzene ring substituents is 1. The molecule has 236 valence electrons. The number of hydrogen-bond donors (Lipinski definition) is 2. The first-order chi connectivity index (χ1) is 20.8. The molecule has 1 aliphatic rings. The fourth-order valence-corrected chi connectivity index (χ4v) is 4.73. The fourth-order valence-electron chi connectivity index (χ4n) is 4.73. The van der Waals surface area contributed by atoms with Gasteiger partial charge >= 0.3 is 18.1 Å². The van der Waals surface area contributed by atoms with Crippen LogP contribution >= 0.6 is 0 Å². The second kappa shape index (κ2) is 11.5. The number of carboxylic acids is 1. The average Bonchev–Trinajstić information content (AvgIpc) is 3.54. The van der Waals surface area contributed by atoms with Crippen LogP contribution in [-0.2, 0) is 38.0 Å². The molecule has 3 N–H and O–H groups in total. The summed E-state index contributed by atoms with van der Waals surface area (Å²) in [4.78, 5) is 60.6. The topological polar surface area (TPSA) is 180 Å². The SMILES string of the molecule is Cn1cc(C2=C(c3cn(C)c4cc([N+](=O)[O-])ccc34)C(=O)N(COC(=O)C(C)(C)N)C2=O)c2ccccc21.O=C(O)C(F)(F)F. The van der Waals surface area contributed by atoms with Crippen LogP contribution in [0.25, 0.3) is 33.0 Å². The zero-order valence-corrected chi connectivity index (χ0v) is 24.2. The number of fused-ring (bicyclic) bond motifs is 2. The number of carboxylic acid groups (broad SMARTS) is 1. The van der Waals surface area contributed by atoms with Crippen molar-refractivity contribution in [1.82, 2.24) is 14.0 Å². The number of carbonyl (C=O) groups is 4. The lowest BCUT2D eigenvalue weighted by Crippen LogP contribution is -2.45. The van der Waals surface area contributed by atoms with Crippen LogP contribution in [-0.4, -0.2) is 66.3 Å². The molecule has 0 saturated carbocycles. The summed E-state index contributed by atoms with van der Waals surface area (Å²) in [6, 6.07) is 11.8. The van der Waals surface area contributed by atoms with Gasteiger partial charge in [-0.3, -0.25) is 24.5 Å². The predicted octanol–water partition coefficient (Wildman–Crippen LogP) is 3.73. The lowest BCUT2D eigenvalue weighted by atomic mass is 9.95. The summed E-state index contributed by atoms with van der Waals surface area (Å²) in [7, 11) is 3.55. The lowest BCUT2D eigenvalue weighted by molar-refractivity contribution is -0.384. The Morgan fingerprint density at radius 3 is 1.91 bits per heavy atom. The Hall–Kier alpha value is -5.51. The zero-order valence-electron chi connectivity index (χ0n) is 24.2. The molecule has 0 unspecified atom stereocenters. The second-order valence-electron chi connectivity index (χ2n) is 10.7. The van der Waals surface area contributed by atoms with Gasteiger partial charge in [0.1, 0.15) is 5.54 Å². The van der Waals surface area contributed by atoms with Crippen LogP contribution < -0.4 is 5.73 Å². The highest BCUT2D eigenvalue weighted by molar-refractivity contribution is 6.50. The van der Waals surface area contributed by atoms with Crippen molar-refractivity contribution < 1.29 is 47.1 Å². The first-order valence-corrected chi connectivity index (χ1v) is 13.0. The van der Waals surface area contributed by atoms with Crippen molar-refractivity contribution in [2.75, 3.05) is 6.73 Å². The van der Waals surface area contributed by atoms with E-state index in [4.69, 9.17) is 20.4 Å². The largest absolute Gasteiger partial charge is 0.490 e. The molecule has 0 aliphatic carbocycles. The Bertz CT molecular complexity index is 1930. The number of benzene rings is 2. The number of para-hydroxylation sites is 1. The minimum atomic E-state index is -5.08. The molecule has 1 aliphatic heterocycles. The molecular formula is C29H26F3N5O8. The molecular weight excluding hydrogens is 603 g/mol. The average molecular weight is 630 g/mol. The Morgan fingerprint density at radius 1 is 0.933 bits per heavy atom. The molecule has 13 nitrogen and oxygen atoms in total. The van der Waals surface area contributed by atoms with Gasteiger partial charge in [-0.25, -0.2) is 9.69 Å². The van der Waals surface area contributed by atoms with Crippen LogP contribution in [0.15, 0.2) is 54.9 Å². The van der Waals surface area contributed by atoms with Gasteiger partial charge in [0.2, 0.25) is 0 Å². The number of nitro groups is 1. The number of nitro benzene ring substituents is 1. The molecule has 4 aromatic rings. The first kappa shape index (κ1) is 32.4. The van der Waals surface area contributed by atoms with E-state index >= 15 is 0 Å². The number of hydrogen-bond acceptors (Lipinski definition) is 8. The number of aryl methyl sites for hydroxylation is 2. The Morgan fingerprint density at radius 2 is 1.42 bits per heavy atom. The van der Waals surface area contributed by atoms with Crippen LogP contribution in [0.4, 0.5) is 18.9 Å². The minimum absolute atomic E-state index is 0.0970. The summed E-state index contributed by atoms with van der Waals surface area (Å²) < 4.78 is 40.5. The van der Waals surface area contributed by atoms with E-state index in [0.29, 0.717) is 22.0 Å². The molecule has 45 heavy (non-hydrogen) atoms. The number of carbonyl (C=O) groups excluding carboxylic acids is 3. The molecule has 0 atom stereocenters. The molecule has 2 amide bonds. The molecule has 3 heterocycles. The smallest absolute Gasteiger partial charge is 0.475 e. The van der Waals surface area contributed by atoms with Crippen molar-refractivity contribution in [3.8, 4) is 0 Å². The van der Waals surface area contributed by atoms with E-state index in [2.05, 4.69) is 0 Å². The number of ether oxygens (including phenoxy) is 1. The van der Waals surface area contributed by atoms with E-state index in [9.17, 15) is 37.7 Å². The number of esters is 1. The molecule has 2 aromatic carbocycles. The number of nitrogens with two attached hydrogens (primary N) is 1.